The van der Waals surface area contributed by atoms with E-state index in [-0.39, 0.29) is 13.0 Å². The van der Waals surface area contributed by atoms with Gasteiger partial charge in [0.05, 0.1) is 0 Å². The summed E-state index contributed by atoms with van der Waals surface area (Å²) in [6, 6.07) is 6.87. The minimum atomic E-state index is -1.45. The van der Waals surface area contributed by atoms with E-state index in [1.54, 1.807) is 12.1 Å². The van der Waals surface area contributed by atoms with Crippen molar-refractivity contribution in [2.75, 3.05) is 11.9 Å². The average Bonchev–Trinajstić information content (AvgIpc) is 2.32. The standard InChI is InChI=1S/C12H16N2O4/c1-8-4-2-3-5-9(8)14-12(18)13-7-6-10(15)11(16)17/h2-5,10,15H,6-7H2,1H3,(H,16,17)(H2,13,14,18). The monoisotopic (exact) mass is 252 g/mol. The molecule has 0 radical (unpaired) electrons. The molecule has 18 heavy (non-hydrogen) atoms. The third kappa shape index (κ3) is 4.42. The molecule has 0 saturated heterocycles. The SMILES string of the molecule is Cc1ccccc1NC(=O)NCCC(O)C(=O)O. The Kier molecular flexibility index (Phi) is 5.13. The van der Waals surface area contributed by atoms with Crippen molar-refractivity contribution in [1.29, 1.82) is 0 Å². The Morgan fingerprint density at radius 2 is 2.00 bits per heavy atom. The number of carboxylic acid groups (broad SMARTS) is 1. The molecule has 4 N–H and O–H groups in total. The van der Waals surface area contributed by atoms with Crippen LogP contribution in [0.25, 0.3) is 0 Å². The first-order valence-electron chi connectivity index (χ1n) is 5.52. The summed E-state index contributed by atoms with van der Waals surface area (Å²) < 4.78 is 0. The topological polar surface area (TPSA) is 98.7 Å². The lowest BCUT2D eigenvalue weighted by Crippen LogP contribution is -2.33. The first-order valence-corrected chi connectivity index (χ1v) is 5.52. The molecule has 0 aromatic heterocycles. The third-order valence-electron chi connectivity index (χ3n) is 2.38. The maximum absolute atomic E-state index is 11.5. The molecule has 1 aromatic rings. The second-order valence-electron chi connectivity index (χ2n) is 3.84. The number of hydrogen-bond donors (Lipinski definition) is 4. The lowest BCUT2D eigenvalue weighted by atomic mass is 10.2. The Morgan fingerprint density at radius 3 is 2.61 bits per heavy atom. The van der Waals surface area contributed by atoms with Crippen molar-refractivity contribution in [2.45, 2.75) is 19.4 Å². The number of para-hydroxylation sites is 1. The van der Waals surface area contributed by atoms with Gasteiger partial charge in [-0.3, -0.25) is 0 Å². The summed E-state index contributed by atoms with van der Waals surface area (Å²) in [6.45, 7) is 1.95. The quantitative estimate of drug-likeness (QED) is 0.627. The Morgan fingerprint density at radius 1 is 1.33 bits per heavy atom. The smallest absolute Gasteiger partial charge is 0.332 e. The molecule has 0 saturated carbocycles. The van der Waals surface area contributed by atoms with Gasteiger partial charge in [0.15, 0.2) is 6.10 Å². The zero-order valence-electron chi connectivity index (χ0n) is 10.0. The lowest BCUT2D eigenvalue weighted by Gasteiger charge is -2.10. The Hall–Kier alpha value is -2.08. The second kappa shape index (κ2) is 6.61. The largest absolute Gasteiger partial charge is 0.479 e. The highest BCUT2D eigenvalue weighted by Gasteiger charge is 2.12. The normalized spacial score (nSPS) is 11.7. The highest BCUT2D eigenvalue weighted by molar-refractivity contribution is 5.90. The summed E-state index contributed by atoms with van der Waals surface area (Å²) in [5.41, 5.74) is 1.62. The highest BCUT2D eigenvalue weighted by atomic mass is 16.4. The summed E-state index contributed by atoms with van der Waals surface area (Å²) in [4.78, 5) is 21.8. The van der Waals surface area contributed by atoms with Crippen LogP contribution in [0.15, 0.2) is 24.3 Å². The van der Waals surface area contributed by atoms with E-state index in [1.165, 1.54) is 0 Å². The Labute approximate surface area is 105 Å². The molecule has 0 aliphatic rings. The van der Waals surface area contributed by atoms with Crippen LogP contribution >= 0.6 is 0 Å². The van der Waals surface area contributed by atoms with Crippen LogP contribution in [0.2, 0.25) is 0 Å². The van der Waals surface area contributed by atoms with E-state index in [1.807, 2.05) is 19.1 Å². The minimum absolute atomic E-state index is 0.0312. The number of carbonyl (C=O) groups is 2. The fourth-order valence-electron chi connectivity index (χ4n) is 1.33. The van der Waals surface area contributed by atoms with Crippen LogP contribution in [0, 0.1) is 6.92 Å². The summed E-state index contributed by atoms with van der Waals surface area (Å²) in [6.07, 6.45) is -1.49. The molecular weight excluding hydrogens is 236 g/mol. The zero-order valence-corrected chi connectivity index (χ0v) is 10.0. The van der Waals surface area contributed by atoms with Gasteiger partial charge < -0.3 is 20.8 Å². The number of aliphatic carboxylic acids is 1. The molecule has 1 rings (SSSR count). The van der Waals surface area contributed by atoms with Gasteiger partial charge in [-0.2, -0.15) is 0 Å². The number of carbonyl (C=O) groups excluding carboxylic acids is 1. The fraction of sp³-hybridized carbons (Fsp3) is 0.333. The molecule has 1 unspecified atom stereocenters. The number of aliphatic hydroxyl groups is 1. The van der Waals surface area contributed by atoms with Gasteiger partial charge in [0.2, 0.25) is 0 Å². The number of anilines is 1. The molecule has 0 fully saturated rings. The molecule has 1 aromatic carbocycles. The van der Waals surface area contributed by atoms with Gasteiger partial charge in [-0.1, -0.05) is 18.2 Å². The number of benzene rings is 1. The van der Waals surface area contributed by atoms with Crippen LogP contribution in [0.1, 0.15) is 12.0 Å². The number of aryl methyl sites for hydroxylation is 1. The molecule has 6 nitrogen and oxygen atoms in total. The molecule has 0 bridgehead atoms. The van der Waals surface area contributed by atoms with E-state index < -0.39 is 18.1 Å². The number of aliphatic hydroxyl groups excluding tert-OH is 1. The van der Waals surface area contributed by atoms with Crippen molar-refractivity contribution in [2.24, 2.45) is 0 Å². The van der Waals surface area contributed by atoms with E-state index in [9.17, 15) is 9.59 Å². The van der Waals surface area contributed by atoms with E-state index >= 15 is 0 Å². The number of rotatable bonds is 5. The molecule has 0 aliphatic carbocycles. The van der Waals surface area contributed by atoms with Gasteiger partial charge in [0.25, 0.3) is 0 Å². The molecule has 1 atom stereocenters. The van der Waals surface area contributed by atoms with Crippen LogP contribution < -0.4 is 10.6 Å². The summed E-state index contributed by atoms with van der Waals surface area (Å²) in [5, 5.41) is 22.5. The van der Waals surface area contributed by atoms with Crippen LogP contribution in [0.5, 0.6) is 0 Å². The molecule has 98 valence electrons. The lowest BCUT2D eigenvalue weighted by molar-refractivity contribution is -0.146. The van der Waals surface area contributed by atoms with Gasteiger partial charge in [-0.15, -0.1) is 0 Å². The van der Waals surface area contributed by atoms with Crippen LogP contribution in [0.3, 0.4) is 0 Å². The van der Waals surface area contributed by atoms with Gasteiger partial charge >= 0.3 is 12.0 Å². The maximum atomic E-state index is 11.5. The number of carboxylic acids is 1. The maximum Gasteiger partial charge on any atom is 0.332 e. The van der Waals surface area contributed by atoms with Crippen LogP contribution in [-0.4, -0.2) is 34.9 Å². The van der Waals surface area contributed by atoms with Crippen molar-refractivity contribution in [3.8, 4) is 0 Å². The fourth-order valence-corrected chi connectivity index (χ4v) is 1.33. The van der Waals surface area contributed by atoms with Crippen molar-refractivity contribution in [1.82, 2.24) is 5.32 Å². The van der Waals surface area contributed by atoms with E-state index in [2.05, 4.69) is 10.6 Å². The van der Waals surface area contributed by atoms with E-state index in [0.29, 0.717) is 5.69 Å². The van der Waals surface area contributed by atoms with Gasteiger partial charge in [0.1, 0.15) is 0 Å². The van der Waals surface area contributed by atoms with Gasteiger partial charge in [-0.25, -0.2) is 9.59 Å². The third-order valence-corrected chi connectivity index (χ3v) is 2.38. The summed E-state index contributed by atoms with van der Waals surface area (Å²) >= 11 is 0. The van der Waals surface area contributed by atoms with Crippen LogP contribution in [0.4, 0.5) is 10.5 Å². The molecule has 0 aliphatic heterocycles. The van der Waals surface area contributed by atoms with Crippen LogP contribution in [-0.2, 0) is 4.79 Å². The van der Waals surface area contributed by atoms with Crippen molar-refractivity contribution >= 4 is 17.7 Å². The number of amides is 2. The molecule has 0 heterocycles. The molecule has 0 spiro atoms. The van der Waals surface area contributed by atoms with Crippen molar-refractivity contribution in [3.05, 3.63) is 29.8 Å². The number of hydrogen-bond acceptors (Lipinski definition) is 3. The summed E-state index contributed by atoms with van der Waals surface area (Å²) in [5.74, 6) is -1.30. The minimum Gasteiger partial charge on any atom is -0.479 e. The highest BCUT2D eigenvalue weighted by Crippen LogP contribution is 2.12. The predicted molar refractivity (Wildman–Crippen MR) is 66.5 cm³/mol. The zero-order chi connectivity index (χ0) is 13.5. The Balaban J connectivity index is 2.35. The average molecular weight is 252 g/mol. The first-order chi connectivity index (χ1) is 8.50. The number of urea groups is 1. The van der Waals surface area contributed by atoms with Gasteiger partial charge in [0, 0.05) is 18.7 Å². The van der Waals surface area contributed by atoms with E-state index in [4.69, 9.17) is 10.2 Å². The van der Waals surface area contributed by atoms with Crippen molar-refractivity contribution in [3.63, 3.8) is 0 Å². The van der Waals surface area contributed by atoms with E-state index in [0.717, 1.165) is 5.56 Å². The van der Waals surface area contributed by atoms with Gasteiger partial charge in [-0.05, 0) is 18.6 Å². The summed E-state index contributed by atoms with van der Waals surface area (Å²) in [7, 11) is 0. The number of nitrogens with one attached hydrogen (secondary N) is 2. The molecule has 6 heteroatoms. The molecular formula is C12H16N2O4. The Bertz CT molecular complexity index is 434. The molecule has 2 amide bonds. The second-order valence-corrected chi connectivity index (χ2v) is 3.84. The predicted octanol–water partition coefficient (Wildman–Crippen LogP) is 0.952. The van der Waals surface area contributed by atoms with Crippen molar-refractivity contribution < 1.29 is 19.8 Å². The first kappa shape index (κ1) is 14.0.